The molecule has 3 rings (SSSR count). The number of aromatic nitrogens is 1. The maximum atomic E-state index is 13.0. The quantitative estimate of drug-likeness (QED) is 0.747. The molecule has 2 aromatic carbocycles. The van der Waals surface area contributed by atoms with Crippen LogP contribution in [0.1, 0.15) is 11.5 Å². The molecule has 0 atom stereocenters. The molecule has 0 fully saturated rings. The first-order valence-electron chi connectivity index (χ1n) is 7.82. The van der Waals surface area contributed by atoms with E-state index in [1.54, 1.807) is 18.0 Å². The summed E-state index contributed by atoms with van der Waals surface area (Å²) in [6.45, 7) is 0.147. The number of anilines is 1. The molecule has 0 saturated heterocycles. The fourth-order valence-corrected chi connectivity index (χ4v) is 2.55. The number of fused-ring (bicyclic) bond motifs is 1. The average molecular weight is 363 g/mol. The van der Waals surface area contributed by atoms with Gasteiger partial charge < -0.3 is 9.73 Å². The maximum Gasteiger partial charge on any atom is 0.418 e. The molecule has 0 spiro atoms. The van der Waals surface area contributed by atoms with Crippen LogP contribution >= 0.6 is 0 Å². The molecular weight excluding hydrogens is 347 g/mol. The molecule has 0 unspecified atom stereocenters. The number of rotatable bonds is 5. The van der Waals surface area contributed by atoms with Crippen LogP contribution in [0.2, 0.25) is 0 Å². The molecule has 5 nitrogen and oxygen atoms in total. The number of alkyl halides is 3. The van der Waals surface area contributed by atoms with Crippen molar-refractivity contribution in [1.82, 2.24) is 9.88 Å². The van der Waals surface area contributed by atoms with Gasteiger partial charge in [0.05, 0.1) is 24.3 Å². The molecule has 1 aromatic heterocycles. The second kappa shape index (κ2) is 7.17. The molecule has 0 aliphatic rings. The Labute approximate surface area is 147 Å². The highest BCUT2D eigenvalue weighted by Crippen LogP contribution is 2.34. The Bertz CT molecular complexity index is 888. The molecule has 0 radical (unpaired) electrons. The summed E-state index contributed by atoms with van der Waals surface area (Å²) in [7, 11) is 1.66. The lowest BCUT2D eigenvalue weighted by Gasteiger charge is -2.16. The van der Waals surface area contributed by atoms with Gasteiger partial charge >= 0.3 is 6.18 Å². The number of oxazole rings is 1. The van der Waals surface area contributed by atoms with Gasteiger partial charge in [-0.2, -0.15) is 13.2 Å². The number of carbonyl (C=O) groups is 1. The molecular formula is C18H16F3N3O2. The minimum atomic E-state index is -4.53. The first-order valence-corrected chi connectivity index (χ1v) is 7.82. The second-order valence-corrected chi connectivity index (χ2v) is 5.84. The van der Waals surface area contributed by atoms with E-state index in [9.17, 15) is 18.0 Å². The minimum Gasteiger partial charge on any atom is -0.439 e. The van der Waals surface area contributed by atoms with Crippen LogP contribution in [-0.2, 0) is 17.5 Å². The van der Waals surface area contributed by atoms with E-state index in [4.69, 9.17) is 4.42 Å². The first kappa shape index (κ1) is 17.9. The van der Waals surface area contributed by atoms with Crippen molar-refractivity contribution in [3.05, 3.63) is 60.0 Å². The van der Waals surface area contributed by atoms with E-state index in [0.717, 1.165) is 6.07 Å². The normalized spacial score (nSPS) is 11.9. The third-order valence-corrected chi connectivity index (χ3v) is 3.66. The van der Waals surface area contributed by atoms with Gasteiger partial charge in [-0.1, -0.05) is 24.3 Å². The maximum absolute atomic E-state index is 13.0. The number of benzene rings is 2. The highest BCUT2D eigenvalue weighted by atomic mass is 19.4. The summed E-state index contributed by atoms with van der Waals surface area (Å²) in [5.74, 6) is -0.127. The number of likely N-dealkylation sites (N-methyl/N-ethyl adjacent to an activating group) is 1. The Kier molecular flexibility index (Phi) is 4.94. The summed E-state index contributed by atoms with van der Waals surface area (Å²) in [6.07, 6.45) is -4.53. The summed E-state index contributed by atoms with van der Waals surface area (Å²) < 4.78 is 44.5. The third kappa shape index (κ3) is 4.20. The minimum absolute atomic E-state index is 0.106. The Morgan fingerprint density at radius 2 is 1.85 bits per heavy atom. The standard InChI is InChI=1S/C18H16F3N3O2/c1-24(11-17-23-14-8-4-5-9-15(14)26-17)10-16(25)22-13-7-3-2-6-12(13)18(19,20)21/h2-9H,10-11H2,1H3,(H,22,25). The van der Waals surface area contributed by atoms with Crippen molar-refractivity contribution in [2.24, 2.45) is 0 Å². The van der Waals surface area contributed by atoms with Gasteiger partial charge in [-0.25, -0.2) is 4.98 Å². The fourth-order valence-electron chi connectivity index (χ4n) is 2.55. The van der Waals surface area contributed by atoms with Gasteiger partial charge in [-0.15, -0.1) is 0 Å². The SMILES string of the molecule is CN(CC(=O)Nc1ccccc1C(F)(F)F)Cc1nc2ccccc2o1. The number of halogens is 3. The van der Waals surface area contributed by atoms with E-state index >= 15 is 0 Å². The van der Waals surface area contributed by atoms with Gasteiger partial charge in [-0.3, -0.25) is 9.69 Å². The number of amides is 1. The summed E-state index contributed by atoms with van der Waals surface area (Å²) in [5.41, 5.74) is 0.203. The predicted octanol–water partition coefficient (Wildman–Crippen LogP) is 3.92. The van der Waals surface area contributed by atoms with Crippen molar-refractivity contribution in [1.29, 1.82) is 0 Å². The van der Waals surface area contributed by atoms with E-state index in [2.05, 4.69) is 10.3 Å². The van der Waals surface area contributed by atoms with Crippen molar-refractivity contribution in [3.8, 4) is 0 Å². The number of nitrogens with zero attached hydrogens (tertiary/aromatic N) is 2. The smallest absolute Gasteiger partial charge is 0.418 e. The molecule has 0 aliphatic carbocycles. The summed E-state index contributed by atoms with van der Waals surface area (Å²) in [5, 5.41) is 2.31. The van der Waals surface area contributed by atoms with E-state index in [-0.39, 0.29) is 18.8 Å². The topological polar surface area (TPSA) is 58.4 Å². The Morgan fingerprint density at radius 1 is 1.15 bits per heavy atom. The van der Waals surface area contributed by atoms with Gasteiger partial charge in [-0.05, 0) is 31.3 Å². The molecule has 3 aromatic rings. The third-order valence-electron chi connectivity index (χ3n) is 3.66. The summed E-state index contributed by atoms with van der Waals surface area (Å²) >= 11 is 0. The zero-order valence-electron chi connectivity index (χ0n) is 13.9. The van der Waals surface area contributed by atoms with Crippen LogP contribution in [0.4, 0.5) is 18.9 Å². The first-order chi connectivity index (χ1) is 12.3. The fraction of sp³-hybridized carbons (Fsp3) is 0.222. The number of hydrogen-bond acceptors (Lipinski definition) is 4. The highest BCUT2D eigenvalue weighted by molar-refractivity contribution is 5.93. The molecule has 0 saturated carbocycles. The molecule has 1 heterocycles. The number of nitrogens with one attached hydrogen (secondary N) is 1. The van der Waals surface area contributed by atoms with Gasteiger partial charge in [0.25, 0.3) is 0 Å². The number of carbonyl (C=O) groups excluding carboxylic acids is 1. The van der Waals surface area contributed by atoms with Crippen molar-refractivity contribution in [3.63, 3.8) is 0 Å². The summed E-state index contributed by atoms with van der Waals surface area (Å²) in [6, 6.07) is 12.1. The van der Waals surface area contributed by atoms with E-state index < -0.39 is 17.6 Å². The Balaban J connectivity index is 1.63. The van der Waals surface area contributed by atoms with E-state index in [1.165, 1.54) is 18.2 Å². The van der Waals surface area contributed by atoms with E-state index in [0.29, 0.717) is 17.0 Å². The average Bonchev–Trinajstić information content (AvgIpc) is 2.96. The molecule has 8 heteroatoms. The van der Waals surface area contributed by atoms with Crippen LogP contribution in [0, 0.1) is 0 Å². The molecule has 0 bridgehead atoms. The zero-order valence-corrected chi connectivity index (χ0v) is 13.9. The van der Waals surface area contributed by atoms with Crippen LogP contribution in [0.25, 0.3) is 11.1 Å². The van der Waals surface area contributed by atoms with Crippen LogP contribution in [0.15, 0.2) is 52.9 Å². The van der Waals surface area contributed by atoms with Crippen LogP contribution in [0.3, 0.4) is 0 Å². The predicted molar refractivity (Wildman–Crippen MR) is 90.4 cm³/mol. The van der Waals surface area contributed by atoms with Gasteiger partial charge in [0.15, 0.2) is 5.58 Å². The van der Waals surface area contributed by atoms with Crippen LogP contribution in [-0.4, -0.2) is 29.4 Å². The lowest BCUT2D eigenvalue weighted by molar-refractivity contribution is -0.137. The largest absolute Gasteiger partial charge is 0.439 e. The zero-order chi connectivity index (χ0) is 18.7. The molecule has 0 aliphatic heterocycles. The van der Waals surface area contributed by atoms with Crippen molar-refractivity contribution in [2.75, 3.05) is 18.9 Å². The molecule has 136 valence electrons. The van der Waals surface area contributed by atoms with E-state index in [1.807, 2.05) is 18.2 Å². The number of hydrogen-bond donors (Lipinski definition) is 1. The monoisotopic (exact) mass is 363 g/mol. The molecule has 26 heavy (non-hydrogen) atoms. The van der Waals surface area contributed by atoms with Crippen LogP contribution in [0.5, 0.6) is 0 Å². The number of para-hydroxylation sites is 3. The van der Waals surface area contributed by atoms with Crippen molar-refractivity contribution >= 4 is 22.7 Å². The summed E-state index contributed by atoms with van der Waals surface area (Å²) in [4.78, 5) is 18.0. The van der Waals surface area contributed by atoms with Crippen molar-refractivity contribution < 1.29 is 22.4 Å². The lowest BCUT2D eigenvalue weighted by atomic mass is 10.1. The Hall–Kier alpha value is -2.87. The van der Waals surface area contributed by atoms with Gasteiger partial charge in [0, 0.05) is 0 Å². The molecule has 1 N–H and O–H groups in total. The molecule has 1 amide bonds. The van der Waals surface area contributed by atoms with Gasteiger partial charge in [0.2, 0.25) is 11.8 Å². The lowest BCUT2D eigenvalue weighted by Crippen LogP contribution is -2.30. The van der Waals surface area contributed by atoms with Crippen LogP contribution < -0.4 is 5.32 Å². The second-order valence-electron chi connectivity index (χ2n) is 5.84. The van der Waals surface area contributed by atoms with Crippen molar-refractivity contribution in [2.45, 2.75) is 12.7 Å². The highest BCUT2D eigenvalue weighted by Gasteiger charge is 2.33. The van der Waals surface area contributed by atoms with Gasteiger partial charge in [0.1, 0.15) is 5.52 Å². The Morgan fingerprint density at radius 3 is 2.58 bits per heavy atom.